The maximum absolute atomic E-state index is 5.60. The van der Waals surface area contributed by atoms with Gasteiger partial charge in [-0.05, 0) is 52.5 Å². The molecule has 1 aromatic carbocycles. The summed E-state index contributed by atoms with van der Waals surface area (Å²) < 4.78 is 6.72. The third kappa shape index (κ3) is 1.87. The molecule has 3 rings (SSSR count). The van der Waals surface area contributed by atoms with Crippen molar-refractivity contribution in [2.45, 2.75) is 31.7 Å². The van der Waals surface area contributed by atoms with Crippen LogP contribution in [-0.2, 0) is 6.42 Å². The van der Waals surface area contributed by atoms with Crippen LogP contribution in [0.3, 0.4) is 0 Å². The second-order valence-electron chi connectivity index (χ2n) is 4.59. The summed E-state index contributed by atoms with van der Waals surface area (Å²) in [6.07, 6.45) is 4.95. The van der Waals surface area contributed by atoms with Gasteiger partial charge in [-0.2, -0.15) is 0 Å². The van der Waals surface area contributed by atoms with Gasteiger partial charge in [-0.3, -0.25) is 0 Å². The summed E-state index contributed by atoms with van der Waals surface area (Å²) in [4.78, 5) is 0. The number of hydrogen-bond acceptors (Lipinski definition) is 2. The van der Waals surface area contributed by atoms with E-state index in [1.165, 1.54) is 30.4 Å². The van der Waals surface area contributed by atoms with Crippen LogP contribution >= 0.6 is 15.9 Å². The molecule has 0 amide bonds. The van der Waals surface area contributed by atoms with Crippen molar-refractivity contribution in [3.05, 3.63) is 27.7 Å². The highest BCUT2D eigenvalue weighted by atomic mass is 79.9. The summed E-state index contributed by atoms with van der Waals surface area (Å²) in [6, 6.07) is 5.07. The van der Waals surface area contributed by atoms with E-state index >= 15 is 0 Å². The van der Waals surface area contributed by atoms with Crippen molar-refractivity contribution in [2.24, 2.45) is 0 Å². The van der Waals surface area contributed by atoms with Crippen molar-refractivity contribution >= 4 is 15.9 Å². The zero-order valence-electron chi connectivity index (χ0n) is 9.26. The van der Waals surface area contributed by atoms with Gasteiger partial charge in [0.25, 0.3) is 0 Å². The second-order valence-corrected chi connectivity index (χ2v) is 5.45. The Kier molecular flexibility index (Phi) is 2.90. The largest absolute Gasteiger partial charge is 0.492 e. The summed E-state index contributed by atoms with van der Waals surface area (Å²) in [7, 11) is 0. The smallest absolute Gasteiger partial charge is 0.136 e. The second kappa shape index (κ2) is 4.38. The fourth-order valence-electron chi connectivity index (χ4n) is 2.62. The highest BCUT2D eigenvalue weighted by Crippen LogP contribution is 2.37. The number of ether oxygens (including phenoxy) is 1. The molecule has 1 atom stereocenters. The molecular weight excluding hydrogens is 266 g/mol. The lowest BCUT2D eigenvalue weighted by Crippen LogP contribution is -2.26. The van der Waals surface area contributed by atoms with Crippen LogP contribution in [0.2, 0.25) is 0 Å². The van der Waals surface area contributed by atoms with Crippen LogP contribution in [0.1, 0.15) is 36.4 Å². The van der Waals surface area contributed by atoms with Crippen LogP contribution in [0.5, 0.6) is 5.75 Å². The van der Waals surface area contributed by atoms with Crippen molar-refractivity contribution in [1.82, 2.24) is 5.32 Å². The number of benzene rings is 1. The van der Waals surface area contributed by atoms with Crippen LogP contribution in [0.4, 0.5) is 0 Å². The van der Waals surface area contributed by atoms with Gasteiger partial charge in [-0.15, -0.1) is 0 Å². The molecule has 0 aromatic heterocycles. The minimum Gasteiger partial charge on any atom is -0.492 e. The predicted molar refractivity (Wildman–Crippen MR) is 67.9 cm³/mol. The molecule has 2 aliphatic rings. The van der Waals surface area contributed by atoms with Crippen LogP contribution in [0, 0.1) is 0 Å². The fourth-order valence-corrected chi connectivity index (χ4v) is 3.26. The molecule has 3 heteroatoms. The number of nitrogens with one attached hydrogen (secondary N) is 1. The van der Waals surface area contributed by atoms with Crippen molar-refractivity contribution in [2.75, 3.05) is 13.2 Å². The van der Waals surface area contributed by atoms with Crippen molar-refractivity contribution < 1.29 is 4.74 Å². The molecule has 16 heavy (non-hydrogen) atoms. The lowest BCUT2D eigenvalue weighted by atomic mass is 9.96. The molecule has 0 bridgehead atoms. The SMILES string of the molecule is Brc1cc(C2CCCCN2)cc2c1OCC2. The van der Waals surface area contributed by atoms with Crippen molar-refractivity contribution in [3.8, 4) is 5.75 Å². The van der Waals surface area contributed by atoms with E-state index in [0.717, 1.165) is 29.8 Å². The molecule has 1 fully saturated rings. The number of halogens is 1. The van der Waals surface area contributed by atoms with Crippen molar-refractivity contribution in [1.29, 1.82) is 0 Å². The van der Waals surface area contributed by atoms with E-state index in [-0.39, 0.29) is 0 Å². The summed E-state index contributed by atoms with van der Waals surface area (Å²) >= 11 is 3.61. The Labute approximate surface area is 105 Å². The number of rotatable bonds is 1. The molecule has 0 aliphatic carbocycles. The molecular formula is C13H16BrNO. The molecule has 2 heterocycles. The fraction of sp³-hybridized carbons (Fsp3) is 0.538. The average Bonchev–Trinajstić information content (AvgIpc) is 2.79. The number of fused-ring (bicyclic) bond motifs is 1. The molecule has 0 radical (unpaired) electrons. The number of hydrogen-bond donors (Lipinski definition) is 1. The van der Waals surface area contributed by atoms with Crippen LogP contribution in [0.25, 0.3) is 0 Å². The molecule has 2 aliphatic heterocycles. The first-order chi connectivity index (χ1) is 7.84. The molecule has 0 saturated carbocycles. The Morgan fingerprint density at radius 3 is 3.06 bits per heavy atom. The first kappa shape index (κ1) is 10.6. The highest BCUT2D eigenvalue weighted by Gasteiger charge is 2.21. The molecule has 1 N–H and O–H groups in total. The molecule has 1 saturated heterocycles. The minimum atomic E-state index is 0.538. The zero-order chi connectivity index (χ0) is 11.0. The van der Waals surface area contributed by atoms with Crippen LogP contribution < -0.4 is 10.1 Å². The Balaban J connectivity index is 1.92. The van der Waals surface area contributed by atoms with E-state index in [0.29, 0.717) is 6.04 Å². The van der Waals surface area contributed by atoms with Gasteiger partial charge in [-0.1, -0.05) is 12.5 Å². The van der Waals surface area contributed by atoms with Crippen LogP contribution in [0.15, 0.2) is 16.6 Å². The standard InChI is InChI=1S/C13H16BrNO/c14-11-8-10(12-3-1-2-5-15-12)7-9-4-6-16-13(9)11/h7-8,12,15H,1-6H2. The summed E-state index contributed by atoms with van der Waals surface area (Å²) in [5, 5.41) is 3.59. The highest BCUT2D eigenvalue weighted by molar-refractivity contribution is 9.10. The molecule has 0 spiro atoms. The number of piperidine rings is 1. The lowest BCUT2D eigenvalue weighted by Gasteiger charge is -2.24. The third-order valence-corrected chi connectivity index (χ3v) is 4.06. The summed E-state index contributed by atoms with van der Waals surface area (Å²) in [5.41, 5.74) is 2.77. The van der Waals surface area contributed by atoms with E-state index in [2.05, 4.69) is 33.4 Å². The van der Waals surface area contributed by atoms with Gasteiger partial charge in [0.2, 0.25) is 0 Å². The Bertz CT molecular complexity index is 399. The topological polar surface area (TPSA) is 21.3 Å². The zero-order valence-corrected chi connectivity index (χ0v) is 10.8. The Morgan fingerprint density at radius 1 is 1.31 bits per heavy atom. The minimum absolute atomic E-state index is 0.538. The molecule has 1 unspecified atom stereocenters. The first-order valence-electron chi connectivity index (χ1n) is 6.03. The van der Waals surface area contributed by atoms with Gasteiger partial charge >= 0.3 is 0 Å². The third-order valence-electron chi connectivity index (χ3n) is 3.47. The van der Waals surface area contributed by atoms with E-state index in [9.17, 15) is 0 Å². The predicted octanol–water partition coefficient (Wildman–Crippen LogP) is 3.20. The summed E-state index contributed by atoms with van der Waals surface area (Å²) in [5.74, 6) is 1.06. The van der Waals surface area contributed by atoms with Crippen molar-refractivity contribution in [3.63, 3.8) is 0 Å². The maximum atomic E-state index is 5.60. The van der Waals surface area contributed by atoms with E-state index in [1.807, 2.05) is 0 Å². The summed E-state index contributed by atoms with van der Waals surface area (Å²) in [6.45, 7) is 1.98. The van der Waals surface area contributed by atoms with Gasteiger partial charge in [0.1, 0.15) is 5.75 Å². The Morgan fingerprint density at radius 2 is 2.25 bits per heavy atom. The molecule has 2 nitrogen and oxygen atoms in total. The molecule has 1 aromatic rings. The van der Waals surface area contributed by atoms with Gasteiger partial charge in [-0.25, -0.2) is 0 Å². The quantitative estimate of drug-likeness (QED) is 0.854. The molecule has 86 valence electrons. The monoisotopic (exact) mass is 281 g/mol. The van der Waals surface area contributed by atoms with Crippen LogP contribution in [-0.4, -0.2) is 13.2 Å². The van der Waals surface area contributed by atoms with E-state index in [1.54, 1.807) is 0 Å². The average molecular weight is 282 g/mol. The van der Waals surface area contributed by atoms with Gasteiger partial charge < -0.3 is 10.1 Å². The first-order valence-corrected chi connectivity index (χ1v) is 6.82. The van der Waals surface area contributed by atoms with E-state index in [4.69, 9.17) is 4.74 Å². The van der Waals surface area contributed by atoms with Gasteiger partial charge in [0.15, 0.2) is 0 Å². The normalized spacial score (nSPS) is 23.9. The van der Waals surface area contributed by atoms with Gasteiger partial charge in [0.05, 0.1) is 11.1 Å². The maximum Gasteiger partial charge on any atom is 0.136 e. The Hall–Kier alpha value is -0.540. The lowest BCUT2D eigenvalue weighted by molar-refractivity contribution is 0.354. The van der Waals surface area contributed by atoms with E-state index < -0.39 is 0 Å². The van der Waals surface area contributed by atoms with Gasteiger partial charge in [0, 0.05) is 12.5 Å².